The molecule has 2 N–H and O–H groups in total. The first kappa shape index (κ1) is 13.2. The van der Waals surface area contributed by atoms with Crippen LogP contribution < -0.4 is 20.1 Å². The standard InChI is InChI=1S/C15H20N2O3/c1-10-14(15(18)17-11-5-4-8-16-9-11)20-13-7-3-2-6-12(13)19-10/h2-3,6-7,10-11,14,16H,4-5,8-9H2,1H3,(H,17,18)/t10?,11-,14?/m0/s1. The van der Waals surface area contributed by atoms with Gasteiger partial charge in [0.2, 0.25) is 6.10 Å². The van der Waals surface area contributed by atoms with Gasteiger partial charge in [-0.2, -0.15) is 0 Å². The Bertz CT molecular complexity index is 486. The Labute approximate surface area is 118 Å². The Balaban J connectivity index is 1.66. The second-order valence-corrected chi connectivity index (χ2v) is 5.36. The second-order valence-electron chi connectivity index (χ2n) is 5.36. The van der Waals surface area contributed by atoms with Crippen LogP contribution in [0.5, 0.6) is 11.5 Å². The average molecular weight is 276 g/mol. The lowest BCUT2D eigenvalue weighted by Gasteiger charge is -2.32. The molecule has 1 aromatic carbocycles. The van der Waals surface area contributed by atoms with E-state index in [1.807, 2.05) is 31.2 Å². The molecule has 0 bridgehead atoms. The molecule has 5 heteroatoms. The number of carbonyl (C=O) groups excluding carboxylic acids is 1. The van der Waals surface area contributed by atoms with Crippen molar-refractivity contribution >= 4 is 5.91 Å². The lowest BCUT2D eigenvalue weighted by atomic mass is 10.1. The van der Waals surface area contributed by atoms with E-state index in [4.69, 9.17) is 9.47 Å². The normalized spacial score (nSPS) is 28.8. The predicted octanol–water partition coefficient (Wildman–Crippen LogP) is 1.08. The van der Waals surface area contributed by atoms with E-state index in [0.717, 1.165) is 25.9 Å². The zero-order valence-corrected chi connectivity index (χ0v) is 11.6. The molecular weight excluding hydrogens is 256 g/mol. The van der Waals surface area contributed by atoms with Crippen LogP contribution in [0.25, 0.3) is 0 Å². The lowest BCUT2D eigenvalue weighted by Crippen LogP contribution is -2.54. The number of nitrogens with one attached hydrogen (secondary N) is 2. The number of rotatable bonds is 2. The van der Waals surface area contributed by atoms with Gasteiger partial charge in [-0.05, 0) is 38.4 Å². The van der Waals surface area contributed by atoms with E-state index in [9.17, 15) is 4.79 Å². The number of piperidine rings is 1. The van der Waals surface area contributed by atoms with Crippen LogP contribution in [0.2, 0.25) is 0 Å². The molecule has 0 spiro atoms. The maximum Gasteiger partial charge on any atom is 0.265 e. The summed E-state index contributed by atoms with van der Waals surface area (Å²) in [7, 11) is 0. The molecule has 1 aromatic rings. The van der Waals surface area contributed by atoms with Crippen molar-refractivity contribution in [2.75, 3.05) is 13.1 Å². The first-order valence-electron chi connectivity index (χ1n) is 7.17. The van der Waals surface area contributed by atoms with Crippen LogP contribution >= 0.6 is 0 Å². The maximum atomic E-state index is 12.3. The molecule has 1 saturated heterocycles. The molecule has 108 valence electrons. The summed E-state index contributed by atoms with van der Waals surface area (Å²) in [5, 5.41) is 6.33. The number of hydrogen-bond acceptors (Lipinski definition) is 4. The van der Waals surface area contributed by atoms with Crippen LogP contribution in [0.15, 0.2) is 24.3 Å². The molecule has 3 atom stereocenters. The van der Waals surface area contributed by atoms with Crippen molar-refractivity contribution in [3.05, 3.63) is 24.3 Å². The molecule has 0 aliphatic carbocycles. The third kappa shape index (κ3) is 2.72. The highest BCUT2D eigenvalue weighted by Crippen LogP contribution is 2.33. The maximum absolute atomic E-state index is 12.3. The third-order valence-corrected chi connectivity index (χ3v) is 3.74. The van der Waals surface area contributed by atoms with Gasteiger partial charge in [-0.15, -0.1) is 0 Å². The highest BCUT2D eigenvalue weighted by atomic mass is 16.6. The van der Waals surface area contributed by atoms with Gasteiger partial charge in [0.05, 0.1) is 0 Å². The minimum absolute atomic E-state index is 0.0966. The summed E-state index contributed by atoms with van der Waals surface area (Å²) < 4.78 is 11.5. The number of fused-ring (bicyclic) bond motifs is 1. The van der Waals surface area contributed by atoms with Gasteiger partial charge in [0, 0.05) is 12.6 Å². The molecule has 2 heterocycles. The number of amides is 1. The molecule has 20 heavy (non-hydrogen) atoms. The van der Waals surface area contributed by atoms with Gasteiger partial charge < -0.3 is 20.1 Å². The summed E-state index contributed by atoms with van der Waals surface area (Å²) in [5.74, 6) is 1.23. The van der Waals surface area contributed by atoms with Crippen LogP contribution in [-0.2, 0) is 4.79 Å². The first-order chi connectivity index (χ1) is 9.74. The van der Waals surface area contributed by atoms with Crippen LogP contribution in [0.1, 0.15) is 19.8 Å². The van der Waals surface area contributed by atoms with Crippen LogP contribution in [-0.4, -0.2) is 37.2 Å². The molecule has 1 fully saturated rings. The van der Waals surface area contributed by atoms with Crippen molar-refractivity contribution in [2.24, 2.45) is 0 Å². The Hall–Kier alpha value is -1.75. The molecule has 3 rings (SSSR count). The van der Waals surface area contributed by atoms with Crippen molar-refractivity contribution in [1.82, 2.24) is 10.6 Å². The van der Waals surface area contributed by atoms with Crippen molar-refractivity contribution in [3.8, 4) is 11.5 Å². The lowest BCUT2D eigenvalue weighted by molar-refractivity contribution is -0.134. The Morgan fingerprint density at radius 2 is 2.05 bits per heavy atom. The fraction of sp³-hybridized carbons (Fsp3) is 0.533. The second kappa shape index (κ2) is 5.71. The number of ether oxygens (including phenoxy) is 2. The van der Waals surface area contributed by atoms with Crippen molar-refractivity contribution < 1.29 is 14.3 Å². The monoisotopic (exact) mass is 276 g/mol. The molecule has 2 aliphatic rings. The van der Waals surface area contributed by atoms with Crippen LogP contribution in [0, 0.1) is 0 Å². The summed E-state index contributed by atoms with van der Waals surface area (Å²) in [5.41, 5.74) is 0. The summed E-state index contributed by atoms with van der Waals surface area (Å²) in [6, 6.07) is 7.62. The Morgan fingerprint density at radius 3 is 2.75 bits per heavy atom. The quantitative estimate of drug-likeness (QED) is 0.848. The highest BCUT2D eigenvalue weighted by Gasteiger charge is 2.34. The largest absolute Gasteiger partial charge is 0.482 e. The zero-order chi connectivity index (χ0) is 13.9. The van der Waals surface area contributed by atoms with Gasteiger partial charge in [0.1, 0.15) is 6.10 Å². The van der Waals surface area contributed by atoms with Crippen LogP contribution in [0.3, 0.4) is 0 Å². The molecule has 5 nitrogen and oxygen atoms in total. The summed E-state index contributed by atoms with van der Waals surface area (Å²) in [6.07, 6.45) is 1.22. The van der Waals surface area contributed by atoms with Crippen molar-refractivity contribution in [1.29, 1.82) is 0 Å². The summed E-state index contributed by atoms with van der Waals surface area (Å²) in [6.45, 7) is 3.71. The molecular formula is C15H20N2O3. The number of carbonyl (C=O) groups is 1. The minimum Gasteiger partial charge on any atom is -0.482 e. The van der Waals surface area contributed by atoms with Gasteiger partial charge in [-0.25, -0.2) is 0 Å². The van der Waals surface area contributed by atoms with E-state index in [1.165, 1.54) is 0 Å². The van der Waals surface area contributed by atoms with Gasteiger partial charge in [0.25, 0.3) is 5.91 Å². The number of benzene rings is 1. The molecule has 2 aliphatic heterocycles. The molecule has 0 radical (unpaired) electrons. The summed E-state index contributed by atoms with van der Waals surface area (Å²) in [4.78, 5) is 12.3. The third-order valence-electron chi connectivity index (χ3n) is 3.74. The van der Waals surface area contributed by atoms with E-state index in [-0.39, 0.29) is 18.1 Å². The smallest absolute Gasteiger partial charge is 0.265 e. The summed E-state index contributed by atoms with van der Waals surface area (Å²) >= 11 is 0. The average Bonchev–Trinajstić information content (AvgIpc) is 2.47. The van der Waals surface area contributed by atoms with E-state index in [1.54, 1.807) is 0 Å². The van der Waals surface area contributed by atoms with E-state index in [0.29, 0.717) is 11.5 Å². The Morgan fingerprint density at radius 1 is 1.30 bits per heavy atom. The minimum atomic E-state index is -0.591. The topological polar surface area (TPSA) is 59.6 Å². The van der Waals surface area contributed by atoms with Gasteiger partial charge in [-0.3, -0.25) is 4.79 Å². The first-order valence-corrected chi connectivity index (χ1v) is 7.17. The van der Waals surface area contributed by atoms with E-state index in [2.05, 4.69) is 10.6 Å². The van der Waals surface area contributed by atoms with Gasteiger partial charge in [0.15, 0.2) is 11.5 Å². The van der Waals surface area contributed by atoms with Crippen LogP contribution in [0.4, 0.5) is 0 Å². The Kier molecular flexibility index (Phi) is 3.78. The van der Waals surface area contributed by atoms with Crippen molar-refractivity contribution in [3.63, 3.8) is 0 Å². The van der Waals surface area contributed by atoms with E-state index < -0.39 is 6.10 Å². The zero-order valence-electron chi connectivity index (χ0n) is 11.6. The van der Waals surface area contributed by atoms with Gasteiger partial charge >= 0.3 is 0 Å². The highest BCUT2D eigenvalue weighted by molar-refractivity contribution is 5.82. The number of para-hydroxylation sites is 2. The molecule has 2 unspecified atom stereocenters. The number of hydrogen-bond donors (Lipinski definition) is 2. The van der Waals surface area contributed by atoms with Crippen molar-refractivity contribution in [2.45, 2.75) is 38.0 Å². The predicted molar refractivity (Wildman–Crippen MR) is 75.0 cm³/mol. The van der Waals surface area contributed by atoms with Gasteiger partial charge in [-0.1, -0.05) is 12.1 Å². The molecule has 0 aromatic heterocycles. The van der Waals surface area contributed by atoms with E-state index >= 15 is 0 Å². The SMILES string of the molecule is CC1Oc2ccccc2OC1C(=O)N[C@H]1CCCNC1. The fourth-order valence-electron chi connectivity index (χ4n) is 2.66. The molecule has 1 amide bonds. The fourth-order valence-corrected chi connectivity index (χ4v) is 2.66. The molecule has 0 saturated carbocycles.